The third-order valence-corrected chi connectivity index (χ3v) is 5.21. The first-order valence-electron chi connectivity index (χ1n) is 7.34. The standard InChI is InChI=1S/C17H13ClN4OS/c1-9-3-6-14(10(2)7-9)24-17-15-19-16(23)12-5-4-11(18)8-13(12)22(15)21-20-17/h3-8,21H,1-2H3. The van der Waals surface area contributed by atoms with Gasteiger partial charge in [-0.15, -0.1) is 5.10 Å². The molecular weight excluding hydrogens is 344 g/mol. The molecule has 5 nitrogen and oxygen atoms in total. The van der Waals surface area contributed by atoms with Crippen molar-refractivity contribution in [2.75, 3.05) is 0 Å². The molecule has 0 saturated heterocycles. The van der Waals surface area contributed by atoms with E-state index in [0.717, 1.165) is 10.5 Å². The summed E-state index contributed by atoms with van der Waals surface area (Å²) >= 11 is 7.55. The van der Waals surface area contributed by atoms with Gasteiger partial charge in [0.1, 0.15) is 0 Å². The molecule has 2 heterocycles. The molecule has 1 N–H and O–H groups in total. The third-order valence-electron chi connectivity index (χ3n) is 3.83. The molecule has 0 amide bonds. The number of nitrogens with zero attached hydrogens (tertiary/aromatic N) is 3. The van der Waals surface area contributed by atoms with Crippen LogP contribution < -0.4 is 5.56 Å². The Morgan fingerprint density at radius 2 is 2.00 bits per heavy atom. The molecule has 0 radical (unpaired) electrons. The van der Waals surface area contributed by atoms with Gasteiger partial charge in [0.15, 0.2) is 10.7 Å². The van der Waals surface area contributed by atoms with E-state index in [1.165, 1.54) is 17.3 Å². The van der Waals surface area contributed by atoms with Crippen LogP contribution in [0.3, 0.4) is 0 Å². The van der Waals surface area contributed by atoms with Gasteiger partial charge < -0.3 is 0 Å². The minimum atomic E-state index is -0.287. The second-order valence-corrected chi connectivity index (χ2v) is 7.09. The van der Waals surface area contributed by atoms with Crippen LogP contribution in [0.4, 0.5) is 0 Å². The Morgan fingerprint density at radius 3 is 2.79 bits per heavy atom. The van der Waals surface area contributed by atoms with Crippen molar-refractivity contribution in [3.8, 4) is 0 Å². The van der Waals surface area contributed by atoms with Gasteiger partial charge in [-0.2, -0.15) is 4.98 Å². The summed E-state index contributed by atoms with van der Waals surface area (Å²) < 4.78 is 1.69. The van der Waals surface area contributed by atoms with E-state index in [1.807, 2.05) is 0 Å². The Morgan fingerprint density at radius 1 is 1.17 bits per heavy atom. The van der Waals surface area contributed by atoms with Gasteiger partial charge in [0.25, 0.3) is 5.56 Å². The van der Waals surface area contributed by atoms with E-state index in [4.69, 9.17) is 11.6 Å². The number of nitrogens with one attached hydrogen (secondary N) is 1. The highest BCUT2D eigenvalue weighted by Crippen LogP contribution is 2.31. The summed E-state index contributed by atoms with van der Waals surface area (Å²) in [6.07, 6.45) is 0. The summed E-state index contributed by atoms with van der Waals surface area (Å²) in [7, 11) is 0. The van der Waals surface area contributed by atoms with Crippen LogP contribution in [0.25, 0.3) is 16.6 Å². The highest BCUT2D eigenvalue weighted by molar-refractivity contribution is 7.99. The largest absolute Gasteiger partial charge is 0.281 e. The number of rotatable bonds is 2. The monoisotopic (exact) mass is 356 g/mol. The van der Waals surface area contributed by atoms with Gasteiger partial charge in [0.05, 0.1) is 10.9 Å². The number of hydrogen-bond donors (Lipinski definition) is 1. The van der Waals surface area contributed by atoms with Gasteiger partial charge in [-0.25, -0.2) is 9.73 Å². The summed E-state index contributed by atoms with van der Waals surface area (Å²) in [6.45, 7) is 4.11. The molecule has 24 heavy (non-hydrogen) atoms. The molecule has 2 aromatic heterocycles. The van der Waals surface area contributed by atoms with Gasteiger partial charge in [0.2, 0.25) is 0 Å². The SMILES string of the molecule is Cc1ccc(Sc2n[nH]n3c2nc(=O)c2ccc(Cl)cc23)c(C)c1. The fraction of sp³-hybridized carbons (Fsp3) is 0.118. The first-order chi connectivity index (χ1) is 11.5. The molecule has 0 saturated carbocycles. The minimum Gasteiger partial charge on any atom is -0.267 e. The number of benzene rings is 2. The first kappa shape index (κ1) is 15.2. The molecule has 4 aromatic rings. The lowest BCUT2D eigenvalue weighted by Crippen LogP contribution is -2.10. The molecule has 120 valence electrons. The van der Waals surface area contributed by atoms with Crippen LogP contribution in [0.5, 0.6) is 0 Å². The lowest BCUT2D eigenvalue weighted by Gasteiger charge is -2.04. The van der Waals surface area contributed by atoms with Crippen LogP contribution >= 0.6 is 23.4 Å². The summed E-state index contributed by atoms with van der Waals surface area (Å²) in [5.74, 6) is 0. The van der Waals surface area contributed by atoms with Crippen LogP contribution in [0.2, 0.25) is 5.02 Å². The van der Waals surface area contributed by atoms with Crippen LogP contribution in [0.15, 0.2) is 51.1 Å². The van der Waals surface area contributed by atoms with Crippen molar-refractivity contribution in [1.29, 1.82) is 0 Å². The average molecular weight is 357 g/mol. The van der Waals surface area contributed by atoms with Crippen molar-refractivity contribution in [3.63, 3.8) is 0 Å². The molecule has 4 rings (SSSR count). The molecule has 0 aliphatic rings. The van der Waals surface area contributed by atoms with Gasteiger partial charge in [-0.3, -0.25) is 4.79 Å². The Labute approximate surface area is 146 Å². The zero-order valence-electron chi connectivity index (χ0n) is 13.0. The smallest absolute Gasteiger partial charge is 0.267 e. The van der Waals surface area contributed by atoms with Gasteiger partial charge in [0, 0.05) is 9.92 Å². The van der Waals surface area contributed by atoms with Crippen LogP contribution in [-0.2, 0) is 0 Å². The van der Waals surface area contributed by atoms with Crippen LogP contribution in [0.1, 0.15) is 11.1 Å². The molecule has 0 unspecified atom stereocenters. The Bertz CT molecular complexity index is 1150. The lowest BCUT2D eigenvalue weighted by atomic mass is 10.2. The maximum absolute atomic E-state index is 12.3. The lowest BCUT2D eigenvalue weighted by molar-refractivity contribution is 0.857. The second-order valence-electron chi connectivity index (χ2n) is 5.63. The van der Waals surface area contributed by atoms with Crippen molar-refractivity contribution in [2.24, 2.45) is 0 Å². The fourth-order valence-corrected chi connectivity index (χ4v) is 3.71. The highest BCUT2D eigenvalue weighted by Gasteiger charge is 2.14. The van der Waals surface area contributed by atoms with Gasteiger partial charge in [-0.05, 0) is 43.7 Å². The molecule has 7 heteroatoms. The first-order valence-corrected chi connectivity index (χ1v) is 8.54. The zero-order chi connectivity index (χ0) is 16.8. The fourth-order valence-electron chi connectivity index (χ4n) is 2.67. The van der Waals surface area contributed by atoms with E-state index in [2.05, 4.69) is 47.3 Å². The summed E-state index contributed by atoms with van der Waals surface area (Å²) in [5, 5.41) is 8.97. The normalized spacial score (nSPS) is 11.5. The van der Waals surface area contributed by atoms with Gasteiger partial charge in [-0.1, -0.05) is 41.1 Å². The van der Waals surface area contributed by atoms with Crippen molar-refractivity contribution >= 4 is 39.9 Å². The number of aromatic amines is 1. The van der Waals surface area contributed by atoms with E-state index in [1.54, 1.807) is 22.7 Å². The molecule has 0 bridgehead atoms. The summed E-state index contributed by atoms with van der Waals surface area (Å²) in [6, 6.07) is 11.3. The molecule has 0 aliphatic carbocycles. The zero-order valence-corrected chi connectivity index (χ0v) is 14.6. The van der Waals surface area contributed by atoms with Crippen molar-refractivity contribution in [2.45, 2.75) is 23.8 Å². The number of halogens is 1. The van der Waals surface area contributed by atoms with E-state index in [0.29, 0.717) is 26.6 Å². The maximum Gasteiger partial charge on any atom is 0.281 e. The number of aryl methyl sites for hydroxylation is 2. The Hall–Kier alpha value is -2.31. The summed E-state index contributed by atoms with van der Waals surface area (Å²) in [5.41, 5.74) is 3.24. The van der Waals surface area contributed by atoms with E-state index in [-0.39, 0.29) is 5.56 Å². The molecule has 0 aliphatic heterocycles. The topological polar surface area (TPSA) is 63.1 Å². The number of hydrogen-bond acceptors (Lipinski definition) is 4. The number of fused-ring (bicyclic) bond motifs is 3. The quantitative estimate of drug-likeness (QED) is 0.589. The van der Waals surface area contributed by atoms with Crippen molar-refractivity contribution < 1.29 is 0 Å². The van der Waals surface area contributed by atoms with Crippen LogP contribution in [-0.4, -0.2) is 19.8 Å². The van der Waals surface area contributed by atoms with Gasteiger partial charge >= 0.3 is 0 Å². The number of H-pyrrole nitrogens is 1. The van der Waals surface area contributed by atoms with E-state index < -0.39 is 0 Å². The predicted molar refractivity (Wildman–Crippen MR) is 96.2 cm³/mol. The number of aromatic nitrogens is 4. The predicted octanol–water partition coefficient (Wildman–Crippen LogP) is 3.99. The highest BCUT2D eigenvalue weighted by atomic mass is 35.5. The van der Waals surface area contributed by atoms with Crippen molar-refractivity contribution in [3.05, 3.63) is 62.9 Å². The summed E-state index contributed by atoms with van der Waals surface area (Å²) in [4.78, 5) is 17.6. The average Bonchev–Trinajstić information content (AvgIpc) is 2.93. The third kappa shape index (κ3) is 2.48. The van der Waals surface area contributed by atoms with E-state index in [9.17, 15) is 4.79 Å². The van der Waals surface area contributed by atoms with Crippen molar-refractivity contribution in [1.82, 2.24) is 19.8 Å². The molecule has 0 fully saturated rings. The second kappa shape index (κ2) is 5.65. The van der Waals surface area contributed by atoms with Crippen LogP contribution in [0, 0.1) is 13.8 Å². The van der Waals surface area contributed by atoms with E-state index >= 15 is 0 Å². The maximum atomic E-state index is 12.3. The Kier molecular flexibility index (Phi) is 3.58. The molecular formula is C17H13ClN4OS. The molecule has 0 atom stereocenters. The minimum absolute atomic E-state index is 0.287. The molecule has 0 spiro atoms. The molecule has 2 aromatic carbocycles. The Balaban J connectivity index is 1.91.